The van der Waals surface area contributed by atoms with Crippen molar-refractivity contribution in [3.05, 3.63) is 36.2 Å². The molecule has 1 aromatic heterocycles. The lowest BCUT2D eigenvalue weighted by Gasteiger charge is -2.10. The largest absolute Gasteiger partial charge is 0.454 e. The summed E-state index contributed by atoms with van der Waals surface area (Å²) in [7, 11) is 4.00. The van der Waals surface area contributed by atoms with Gasteiger partial charge in [0.25, 0.3) is 5.91 Å². The summed E-state index contributed by atoms with van der Waals surface area (Å²) in [6.07, 6.45) is 2.43. The number of benzene rings is 1. The molecule has 0 radical (unpaired) electrons. The van der Waals surface area contributed by atoms with Crippen molar-refractivity contribution in [2.75, 3.05) is 39.3 Å². The summed E-state index contributed by atoms with van der Waals surface area (Å²) in [5, 5.41) is 5.93. The van der Waals surface area contributed by atoms with Crippen LogP contribution in [0.1, 0.15) is 16.9 Å². The molecular formula is C17H21N5O3. The zero-order valence-corrected chi connectivity index (χ0v) is 14.3. The van der Waals surface area contributed by atoms with E-state index in [0.29, 0.717) is 29.7 Å². The highest BCUT2D eigenvalue weighted by Gasteiger charge is 2.14. The number of hydrogen-bond acceptors (Lipinski definition) is 7. The molecule has 8 nitrogen and oxygen atoms in total. The second-order valence-electron chi connectivity index (χ2n) is 5.87. The lowest BCUT2D eigenvalue weighted by atomic mass is 10.3. The predicted octanol–water partition coefficient (Wildman–Crippen LogP) is 1.63. The highest BCUT2D eigenvalue weighted by Crippen LogP contribution is 2.34. The van der Waals surface area contributed by atoms with Crippen LogP contribution < -0.4 is 20.1 Å². The van der Waals surface area contributed by atoms with Crippen molar-refractivity contribution in [1.29, 1.82) is 0 Å². The van der Waals surface area contributed by atoms with Gasteiger partial charge in [0, 0.05) is 24.5 Å². The Bertz CT molecular complexity index is 751. The first-order valence-corrected chi connectivity index (χ1v) is 8.04. The van der Waals surface area contributed by atoms with Gasteiger partial charge in [-0.1, -0.05) is 0 Å². The first-order valence-electron chi connectivity index (χ1n) is 8.04. The van der Waals surface area contributed by atoms with Crippen LogP contribution in [0.4, 0.5) is 11.6 Å². The molecule has 1 amide bonds. The number of ether oxygens (including phenoxy) is 2. The van der Waals surface area contributed by atoms with E-state index in [0.717, 1.165) is 18.7 Å². The SMILES string of the molecule is CN(C)CCCNC(=O)c1ccnc(Nc2ccc3c(c2)OCO3)n1. The van der Waals surface area contributed by atoms with Crippen LogP contribution in [0, 0.1) is 0 Å². The van der Waals surface area contributed by atoms with Crippen LogP contribution in [0.25, 0.3) is 0 Å². The van der Waals surface area contributed by atoms with Crippen molar-refractivity contribution in [3.63, 3.8) is 0 Å². The van der Waals surface area contributed by atoms with Gasteiger partial charge < -0.3 is 25.0 Å². The number of rotatable bonds is 7. The van der Waals surface area contributed by atoms with Crippen LogP contribution in [0.15, 0.2) is 30.5 Å². The maximum atomic E-state index is 12.2. The maximum Gasteiger partial charge on any atom is 0.270 e. The minimum absolute atomic E-state index is 0.213. The average molecular weight is 343 g/mol. The van der Waals surface area contributed by atoms with E-state index in [4.69, 9.17) is 9.47 Å². The molecule has 132 valence electrons. The highest BCUT2D eigenvalue weighted by molar-refractivity contribution is 5.92. The zero-order chi connectivity index (χ0) is 17.6. The molecule has 0 aliphatic carbocycles. The summed E-state index contributed by atoms with van der Waals surface area (Å²) in [6, 6.07) is 7.04. The molecule has 0 atom stereocenters. The fourth-order valence-corrected chi connectivity index (χ4v) is 2.34. The third kappa shape index (κ3) is 4.57. The standard InChI is InChI=1S/C17H21N5O3/c1-22(2)9-3-7-18-16(23)13-6-8-19-17(21-13)20-12-4-5-14-15(10-12)25-11-24-14/h4-6,8,10H,3,7,9,11H2,1-2H3,(H,18,23)(H,19,20,21). The number of anilines is 2. The van der Waals surface area contributed by atoms with Gasteiger partial charge in [0.2, 0.25) is 12.7 Å². The van der Waals surface area contributed by atoms with Crippen LogP contribution in [-0.4, -0.2) is 54.8 Å². The van der Waals surface area contributed by atoms with Crippen molar-refractivity contribution >= 4 is 17.5 Å². The van der Waals surface area contributed by atoms with Gasteiger partial charge in [0.05, 0.1) is 0 Å². The summed E-state index contributed by atoms with van der Waals surface area (Å²) in [6.45, 7) is 1.74. The molecule has 8 heteroatoms. The van der Waals surface area contributed by atoms with Crippen LogP contribution in [-0.2, 0) is 0 Å². The number of carbonyl (C=O) groups excluding carboxylic acids is 1. The monoisotopic (exact) mass is 343 g/mol. The second-order valence-corrected chi connectivity index (χ2v) is 5.87. The molecule has 0 saturated heterocycles. The number of fused-ring (bicyclic) bond motifs is 1. The van der Waals surface area contributed by atoms with E-state index in [2.05, 4.69) is 25.5 Å². The summed E-state index contributed by atoms with van der Waals surface area (Å²) < 4.78 is 10.6. The number of hydrogen-bond donors (Lipinski definition) is 2. The van der Waals surface area contributed by atoms with Crippen LogP contribution in [0.3, 0.4) is 0 Å². The Kier molecular flexibility index (Phi) is 5.30. The molecule has 25 heavy (non-hydrogen) atoms. The molecule has 0 saturated carbocycles. The molecule has 2 aromatic rings. The number of nitrogens with one attached hydrogen (secondary N) is 2. The lowest BCUT2D eigenvalue weighted by molar-refractivity contribution is 0.0947. The smallest absolute Gasteiger partial charge is 0.270 e. The van der Waals surface area contributed by atoms with Crippen molar-refractivity contribution in [2.24, 2.45) is 0 Å². The lowest BCUT2D eigenvalue weighted by Crippen LogP contribution is -2.28. The highest BCUT2D eigenvalue weighted by atomic mass is 16.7. The topological polar surface area (TPSA) is 88.6 Å². The van der Waals surface area contributed by atoms with E-state index in [1.54, 1.807) is 18.3 Å². The van der Waals surface area contributed by atoms with E-state index < -0.39 is 0 Å². The number of carbonyl (C=O) groups is 1. The van der Waals surface area contributed by atoms with E-state index in [-0.39, 0.29) is 12.7 Å². The van der Waals surface area contributed by atoms with Gasteiger partial charge in [-0.25, -0.2) is 9.97 Å². The van der Waals surface area contributed by atoms with E-state index in [1.807, 2.05) is 26.2 Å². The van der Waals surface area contributed by atoms with Gasteiger partial charge in [-0.2, -0.15) is 0 Å². The van der Waals surface area contributed by atoms with E-state index in [9.17, 15) is 4.79 Å². The molecule has 0 fully saturated rings. The summed E-state index contributed by atoms with van der Waals surface area (Å²) in [5.74, 6) is 1.51. The normalized spacial score (nSPS) is 12.3. The molecule has 1 aliphatic rings. The number of aromatic nitrogens is 2. The summed E-state index contributed by atoms with van der Waals surface area (Å²) in [4.78, 5) is 22.6. The molecule has 0 bridgehead atoms. The Morgan fingerprint density at radius 2 is 2.08 bits per heavy atom. The molecule has 0 unspecified atom stereocenters. The van der Waals surface area contributed by atoms with Crippen LogP contribution >= 0.6 is 0 Å². The van der Waals surface area contributed by atoms with Crippen molar-refractivity contribution in [3.8, 4) is 11.5 Å². The molecule has 0 spiro atoms. The van der Waals surface area contributed by atoms with Crippen LogP contribution in [0.5, 0.6) is 11.5 Å². The average Bonchev–Trinajstić information content (AvgIpc) is 3.06. The third-order valence-corrected chi connectivity index (χ3v) is 3.58. The maximum absolute atomic E-state index is 12.2. The molecule has 3 rings (SSSR count). The Labute approximate surface area is 146 Å². The van der Waals surface area contributed by atoms with Crippen molar-refractivity contribution in [2.45, 2.75) is 6.42 Å². The summed E-state index contributed by atoms with van der Waals surface area (Å²) >= 11 is 0. The molecule has 2 heterocycles. The van der Waals surface area contributed by atoms with Gasteiger partial charge >= 0.3 is 0 Å². The fraction of sp³-hybridized carbons (Fsp3) is 0.353. The minimum atomic E-state index is -0.213. The molecule has 1 aromatic carbocycles. The minimum Gasteiger partial charge on any atom is -0.454 e. The first kappa shape index (κ1) is 17.0. The molecule has 2 N–H and O–H groups in total. The molecule has 1 aliphatic heterocycles. The van der Waals surface area contributed by atoms with Gasteiger partial charge in [-0.3, -0.25) is 4.79 Å². The van der Waals surface area contributed by atoms with Crippen LogP contribution in [0.2, 0.25) is 0 Å². The predicted molar refractivity (Wildman–Crippen MR) is 93.4 cm³/mol. The Balaban J connectivity index is 1.60. The van der Waals surface area contributed by atoms with E-state index >= 15 is 0 Å². The second kappa shape index (κ2) is 7.80. The van der Waals surface area contributed by atoms with E-state index in [1.165, 1.54) is 0 Å². The van der Waals surface area contributed by atoms with Gasteiger partial charge in [0.15, 0.2) is 11.5 Å². The Hall–Kier alpha value is -2.87. The van der Waals surface area contributed by atoms with Gasteiger partial charge in [-0.15, -0.1) is 0 Å². The van der Waals surface area contributed by atoms with Crippen molar-refractivity contribution in [1.82, 2.24) is 20.2 Å². The number of amides is 1. The first-order chi connectivity index (χ1) is 12.1. The summed E-state index contributed by atoms with van der Waals surface area (Å²) in [5.41, 5.74) is 1.08. The molecular weight excluding hydrogens is 322 g/mol. The third-order valence-electron chi connectivity index (χ3n) is 3.58. The van der Waals surface area contributed by atoms with Gasteiger partial charge in [-0.05, 0) is 45.3 Å². The van der Waals surface area contributed by atoms with Gasteiger partial charge in [0.1, 0.15) is 5.69 Å². The fourth-order valence-electron chi connectivity index (χ4n) is 2.34. The number of nitrogens with zero attached hydrogens (tertiary/aromatic N) is 3. The van der Waals surface area contributed by atoms with Crippen molar-refractivity contribution < 1.29 is 14.3 Å². The quantitative estimate of drug-likeness (QED) is 0.739. The Morgan fingerprint density at radius 3 is 2.92 bits per heavy atom. The Morgan fingerprint density at radius 1 is 1.24 bits per heavy atom. The zero-order valence-electron chi connectivity index (χ0n) is 14.3.